The van der Waals surface area contributed by atoms with E-state index < -0.39 is 0 Å². The Balaban J connectivity index is 1.93. The highest BCUT2D eigenvalue weighted by Gasteiger charge is 2.20. The summed E-state index contributed by atoms with van der Waals surface area (Å²) in [5.74, 6) is 0.157. The first-order valence-electron chi connectivity index (χ1n) is 5.95. The predicted octanol–water partition coefficient (Wildman–Crippen LogP) is 2.35. The first kappa shape index (κ1) is 12.4. The van der Waals surface area contributed by atoms with E-state index in [0.29, 0.717) is 11.4 Å². The lowest BCUT2D eigenvalue weighted by atomic mass is 10.0. The Bertz CT molecular complexity index is 385. The Morgan fingerprint density at radius 3 is 2.47 bits per heavy atom. The first-order valence-corrected chi connectivity index (χ1v) is 6.33. The van der Waals surface area contributed by atoms with Crippen LogP contribution in [0.15, 0.2) is 24.3 Å². The fourth-order valence-corrected chi connectivity index (χ4v) is 2.24. The van der Waals surface area contributed by atoms with Gasteiger partial charge in [-0.2, -0.15) is 0 Å². The molecule has 0 radical (unpaired) electrons. The van der Waals surface area contributed by atoms with E-state index in [1.807, 2.05) is 17.0 Å². The lowest BCUT2D eigenvalue weighted by Gasteiger charge is -2.18. The number of rotatable bonds is 3. The van der Waals surface area contributed by atoms with Crippen molar-refractivity contribution in [3.05, 3.63) is 34.9 Å². The number of likely N-dealkylation sites (tertiary alicyclic amines) is 1. The summed E-state index contributed by atoms with van der Waals surface area (Å²) >= 11 is 5.81. The molecule has 17 heavy (non-hydrogen) atoms. The van der Waals surface area contributed by atoms with Crippen molar-refractivity contribution in [3.63, 3.8) is 0 Å². The van der Waals surface area contributed by atoms with Crippen LogP contribution in [-0.4, -0.2) is 23.9 Å². The average molecular weight is 253 g/mol. The summed E-state index contributed by atoms with van der Waals surface area (Å²) in [4.78, 5) is 13.8. The zero-order valence-electron chi connectivity index (χ0n) is 9.73. The summed E-state index contributed by atoms with van der Waals surface area (Å²) in [5, 5.41) is 0.687. The van der Waals surface area contributed by atoms with Gasteiger partial charge in [0.1, 0.15) is 0 Å². The molecule has 4 heteroatoms. The molecule has 1 aliphatic rings. The van der Waals surface area contributed by atoms with E-state index >= 15 is 0 Å². The van der Waals surface area contributed by atoms with Crippen LogP contribution in [0.25, 0.3) is 0 Å². The molecule has 3 nitrogen and oxygen atoms in total. The molecular weight excluding hydrogens is 236 g/mol. The van der Waals surface area contributed by atoms with E-state index in [0.717, 1.165) is 31.5 Å². The van der Waals surface area contributed by atoms with Gasteiger partial charge >= 0.3 is 0 Å². The molecule has 0 aromatic heterocycles. The third-order valence-electron chi connectivity index (χ3n) is 3.15. The third kappa shape index (κ3) is 3.20. The van der Waals surface area contributed by atoms with Crippen molar-refractivity contribution >= 4 is 17.5 Å². The first-order chi connectivity index (χ1) is 8.16. The Hall–Kier alpha value is -1.06. The van der Waals surface area contributed by atoms with Gasteiger partial charge in [0.2, 0.25) is 5.91 Å². The second kappa shape index (κ2) is 5.52. The summed E-state index contributed by atoms with van der Waals surface area (Å²) in [5.41, 5.74) is 6.98. The molecule has 1 aromatic rings. The SMILES string of the molecule is NC(CC(=O)N1CCCC1)c1ccc(Cl)cc1. The van der Waals surface area contributed by atoms with Crippen LogP contribution < -0.4 is 5.73 Å². The summed E-state index contributed by atoms with van der Waals surface area (Å²) in [6.07, 6.45) is 2.60. The molecule has 92 valence electrons. The number of nitrogens with two attached hydrogens (primary N) is 1. The molecule has 0 saturated carbocycles. The van der Waals surface area contributed by atoms with Crippen LogP contribution in [0.5, 0.6) is 0 Å². The van der Waals surface area contributed by atoms with Crippen molar-refractivity contribution in [3.8, 4) is 0 Å². The summed E-state index contributed by atoms with van der Waals surface area (Å²) < 4.78 is 0. The minimum absolute atomic E-state index is 0.157. The molecule has 1 aromatic carbocycles. The van der Waals surface area contributed by atoms with E-state index in [9.17, 15) is 4.79 Å². The molecule has 1 heterocycles. The maximum atomic E-state index is 11.9. The fourth-order valence-electron chi connectivity index (χ4n) is 2.11. The molecule has 1 saturated heterocycles. The van der Waals surface area contributed by atoms with E-state index in [1.54, 1.807) is 12.1 Å². The molecule has 0 aliphatic carbocycles. The van der Waals surface area contributed by atoms with Gasteiger partial charge < -0.3 is 10.6 Å². The smallest absolute Gasteiger partial charge is 0.224 e. The monoisotopic (exact) mass is 252 g/mol. The maximum absolute atomic E-state index is 11.9. The van der Waals surface area contributed by atoms with Gasteiger partial charge in [-0.25, -0.2) is 0 Å². The average Bonchev–Trinajstić information content (AvgIpc) is 2.83. The molecular formula is C13H17ClN2O. The van der Waals surface area contributed by atoms with Crippen LogP contribution in [-0.2, 0) is 4.79 Å². The third-order valence-corrected chi connectivity index (χ3v) is 3.40. The summed E-state index contributed by atoms with van der Waals surface area (Å²) in [6, 6.07) is 7.13. The molecule has 1 unspecified atom stereocenters. The number of carbonyl (C=O) groups is 1. The standard InChI is InChI=1S/C13H17ClN2O/c14-11-5-3-10(4-6-11)12(15)9-13(17)16-7-1-2-8-16/h3-6,12H,1-2,7-9,15H2. The van der Waals surface area contributed by atoms with Gasteiger partial charge in [0, 0.05) is 30.6 Å². The Kier molecular flexibility index (Phi) is 4.02. The van der Waals surface area contributed by atoms with Crippen LogP contribution in [0.4, 0.5) is 0 Å². The van der Waals surface area contributed by atoms with E-state index in [2.05, 4.69) is 0 Å². The highest BCUT2D eigenvalue weighted by molar-refractivity contribution is 6.30. The predicted molar refractivity (Wildman–Crippen MR) is 68.8 cm³/mol. The Morgan fingerprint density at radius 1 is 1.29 bits per heavy atom. The molecule has 2 N–H and O–H groups in total. The normalized spacial score (nSPS) is 17.2. The molecule has 1 aliphatic heterocycles. The highest BCUT2D eigenvalue weighted by atomic mass is 35.5. The van der Waals surface area contributed by atoms with E-state index in [-0.39, 0.29) is 11.9 Å². The number of hydrogen-bond acceptors (Lipinski definition) is 2. The summed E-state index contributed by atoms with van der Waals surface area (Å²) in [6.45, 7) is 1.76. The van der Waals surface area contributed by atoms with Crippen LogP contribution >= 0.6 is 11.6 Å². The Morgan fingerprint density at radius 2 is 1.88 bits per heavy atom. The number of amides is 1. The maximum Gasteiger partial charge on any atom is 0.224 e. The number of hydrogen-bond donors (Lipinski definition) is 1. The zero-order valence-corrected chi connectivity index (χ0v) is 10.5. The van der Waals surface area contributed by atoms with Gasteiger partial charge in [-0.05, 0) is 30.5 Å². The topological polar surface area (TPSA) is 46.3 Å². The van der Waals surface area contributed by atoms with Crippen molar-refractivity contribution in [1.29, 1.82) is 0 Å². The fraction of sp³-hybridized carbons (Fsp3) is 0.462. The Labute approximate surface area is 107 Å². The lowest BCUT2D eigenvalue weighted by molar-refractivity contribution is -0.130. The van der Waals surface area contributed by atoms with Gasteiger partial charge in [-0.3, -0.25) is 4.79 Å². The van der Waals surface area contributed by atoms with Crippen molar-refractivity contribution in [2.75, 3.05) is 13.1 Å². The molecule has 0 bridgehead atoms. The van der Waals surface area contributed by atoms with E-state index in [1.165, 1.54) is 0 Å². The van der Waals surface area contributed by atoms with Gasteiger partial charge in [0.05, 0.1) is 0 Å². The highest BCUT2D eigenvalue weighted by Crippen LogP contribution is 2.19. The number of carbonyl (C=O) groups excluding carboxylic acids is 1. The minimum atomic E-state index is -0.236. The van der Waals surface area contributed by atoms with Gasteiger partial charge in [-0.1, -0.05) is 23.7 Å². The lowest BCUT2D eigenvalue weighted by Crippen LogP contribution is -2.30. The number of halogens is 1. The quantitative estimate of drug-likeness (QED) is 0.898. The second-order valence-electron chi connectivity index (χ2n) is 4.45. The molecule has 1 fully saturated rings. The molecule has 1 atom stereocenters. The minimum Gasteiger partial charge on any atom is -0.343 e. The largest absolute Gasteiger partial charge is 0.343 e. The zero-order chi connectivity index (χ0) is 12.3. The molecule has 2 rings (SSSR count). The van der Waals surface area contributed by atoms with Crippen LogP contribution in [0.3, 0.4) is 0 Å². The van der Waals surface area contributed by atoms with Crippen molar-refractivity contribution in [1.82, 2.24) is 4.90 Å². The van der Waals surface area contributed by atoms with E-state index in [4.69, 9.17) is 17.3 Å². The van der Waals surface area contributed by atoms with Gasteiger partial charge in [-0.15, -0.1) is 0 Å². The van der Waals surface area contributed by atoms with Gasteiger partial charge in [0.25, 0.3) is 0 Å². The number of nitrogens with zero attached hydrogens (tertiary/aromatic N) is 1. The summed E-state index contributed by atoms with van der Waals surface area (Å²) in [7, 11) is 0. The second-order valence-corrected chi connectivity index (χ2v) is 4.89. The van der Waals surface area contributed by atoms with Crippen LogP contribution in [0, 0.1) is 0 Å². The molecule has 1 amide bonds. The van der Waals surface area contributed by atoms with Crippen molar-refractivity contribution in [2.45, 2.75) is 25.3 Å². The molecule has 0 spiro atoms. The van der Waals surface area contributed by atoms with Crippen molar-refractivity contribution < 1.29 is 4.79 Å². The van der Waals surface area contributed by atoms with Crippen molar-refractivity contribution in [2.24, 2.45) is 5.73 Å². The van der Waals surface area contributed by atoms with Gasteiger partial charge in [0.15, 0.2) is 0 Å². The van der Waals surface area contributed by atoms with Crippen LogP contribution in [0.2, 0.25) is 5.02 Å². The van der Waals surface area contributed by atoms with Crippen LogP contribution in [0.1, 0.15) is 30.9 Å². The number of benzene rings is 1.